The highest BCUT2D eigenvalue weighted by Gasteiger charge is 2.18. The van der Waals surface area contributed by atoms with Gasteiger partial charge in [-0.25, -0.2) is 0 Å². The van der Waals surface area contributed by atoms with Crippen LogP contribution in [-0.2, 0) is 0 Å². The van der Waals surface area contributed by atoms with Crippen LogP contribution in [0.5, 0.6) is 0 Å². The minimum atomic E-state index is 0.865. The van der Waals surface area contributed by atoms with Crippen molar-refractivity contribution in [2.45, 2.75) is 0 Å². The van der Waals surface area contributed by atoms with Gasteiger partial charge in [0.05, 0.1) is 22.1 Å². The second-order valence-corrected chi connectivity index (χ2v) is 17.9. The molecule has 0 saturated heterocycles. The van der Waals surface area contributed by atoms with Crippen LogP contribution in [0.2, 0.25) is 0 Å². The highest BCUT2D eigenvalue weighted by molar-refractivity contribution is 6.14. The fourth-order valence-corrected chi connectivity index (χ4v) is 10.6. The predicted molar refractivity (Wildman–Crippen MR) is 285 cm³/mol. The molecule has 5 nitrogen and oxygen atoms in total. The Labute approximate surface area is 397 Å². The van der Waals surface area contributed by atoms with Gasteiger partial charge in [0.1, 0.15) is 11.2 Å². The molecule has 0 aliphatic carbocycles. The molecule has 5 heterocycles. The molecule has 0 unspecified atom stereocenters. The van der Waals surface area contributed by atoms with Crippen LogP contribution in [0.1, 0.15) is 0 Å². The van der Waals surface area contributed by atoms with Gasteiger partial charge >= 0.3 is 0 Å². The number of aromatic nitrogens is 4. The Morgan fingerprint density at radius 1 is 0.261 bits per heavy atom. The van der Waals surface area contributed by atoms with Gasteiger partial charge in [-0.3, -0.25) is 9.97 Å². The van der Waals surface area contributed by atoms with Crippen molar-refractivity contribution < 1.29 is 4.42 Å². The number of rotatable bonds is 7. The van der Waals surface area contributed by atoms with Gasteiger partial charge in [0.25, 0.3) is 0 Å². The maximum Gasteiger partial charge on any atom is 0.135 e. The molecule has 9 aromatic carbocycles. The number of furan rings is 1. The van der Waals surface area contributed by atoms with Crippen LogP contribution in [-0.4, -0.2) is 19.1 Å². The zero-order chi connectivity index (χ0) is 45.4. The topological polar surface area (TPSA) is 48.8 Å². The average Bonchev–Trinajstić information content (AvgIpc) is 4.08. The van der Waals surface area contributed by atoms with Crippen molar-refractivity contribution in [1.82, 2.24) is 19.1 Å². The Hall–Kier alpha value is -9.32. The average molecular weight is 881 g/mol. The summed E-state index contributed by atoms with van der Waals surface area (Å²) in [5, 5.41) is 7.00. The third kappa shape index (κ3) is 6.47. The summed E-state index contributed by atoms with van der Waals surface area (Å²) in [7, 11) is 0. The standard InChI is InChI=1S/C64H40N4O/c1-2-16-51(17-3-1)67-61-26-21-46(42-11-7-13-44(33-42)50-15-9-31-66-40-50)35-55(61)56-36-47(22-27-62(56)67)48-23-28-63-57(37-48)58-38-52(24-29-64(58)69-63)68-59-19-5-4-18-53(59)54-34-45(20-25-60(54)68)41-10-6-12-43(32-41)49-14-8-30-65-39-49/h1-40H. The fraction of sp³-hybridized carbons (Fsp3) is 0. The molecular formula is C64H40N4O. The Morgan fingerprint density at radius 3 is 1.25 bits per heavy atom. The minimum absolute atomic E-state index is 0.865. The molecule has 69 heavy (non-hydrogen) atoms. The molecule has 0 aliphatic heterocycles. The van der Waals surface area contributed by atoms with E-state index in [-0.39, 0.29) is 0 Å². The van der Waals surface area contributed by atoms with E-state index >= 15 is 0 Å². The second-order valence-electron chi connectivity index (χ2n) is 17.9. The van der Waals surface area contributed by atoms with Crippen LogP contribution in [0.3, 0.4) is 0 Å². The van der Waals surface area contributed by atoms with Gasteiger partial charge in [-0.2, -0.15) is 0 Å². The van der Waals surface area contributed by atoms with Gasteiger partial charge in [0.2, 0.25) is 0 Å². The van der Waals surface area contributed by atoms with E-state index in [0.717, 1.165) is 83.2 Å². The van der Waals surface area contributed by atoms with Gasteiger partial charge in [-0.1, -0.05) is 109 Å². The minimum Gasteiger partial charge on any atom is -0.456 e. The van der Waals surface area contributed by atoms with E-state index < -0.39 is 0 Å². The smallest absolute Gasteiger partial charge is 0.135 e. The van der Waals surface area contributed by atoms with Crippen molar-refractivity contribution in [3.63, 3.8) is 0 Å². The quantitative estimate of drug-likeness (QED) is 0.160. The van der Waals surface area contributed by atoms with E-state index in [2.05, 4.69) is 225 Å². The van der Waals surface area contributed by atoms with Gasteiger partial charge in [-0.15, -0.1) is 0 Å². The molecule has 322 valence electrons. The number of benzene rings is 9. The van der Waals surface area contributed by atoms with Crippen LogP contribution in [0.4, 0.5) is 0 Å². The van der Waals surface area contributed by atoms with Crippen molar-refractivity contribution in [1.29, 1.82) is 0 Å². The summed E-state index contributed by atoms with van der Waals surface area (Å²) < 4.78 is 11.3. The predicted octanol–water partition coefficient (Wildman–Crippen LogP) is 16.9. The van der Waals surface area contributed by atoms with Gasteiger partial charge < -0.3 is 13.6 Å². The lowest BCUT2D eigenvalue weighted by Crippen LogP contribution is -1.93. The van der Waals surface area contributed by atoms with Crippen LogP contribution in [0.25, 0.3) is 133 Å². The van der Waals surface area contributed by atoms with Crippen molar-refractivity contribution in [3.8, 4) is 67.0 Å². The van der Waals surface area contributed by atoms with Crippen molar-refractivity contribution in [3.05, 3.63) is 243 Å². The first-order chi connectivity index (χ1) is 34.2. The summed E-state index contributed by atoms with van der Waals surface area (Å²) in [5.74, 6) is 0. The molecule has 0 radical (unpaired) electrons. The number of para-hydroxylation sites is 2. The molecule has 0 atom stereocenters. The molecule has 0 spiro atoms. The summed E-state index contributed by atoms with van der Waals surface area (Å²) in [4.78, 5) is 8.73. The monoisotopic (exact) mass is 880 g/mol. The van der Waals surface area contributed by atoms with E-state index in [9.17, 15) is 0 Å². The first-order valence-corrected chi connectivity index (χ1v) is 23.3. The zero-order valence-electron chi connectivity index (χ0n) is 37.3. The first-order valence-electron chi connectivity index (χ1n) is 23.3. The Morgan fingerprint density at radius 2 is 0.681 bits per heavy atom. The Bertz CT molecular complexity index is 4300. The maximum atomic E-state index is 6.55. The molecule has 5 aromatic heterocycles. The maximum absolute atomic E-state index is 6.55. The third-order valence-electron chi connectivity index (χ3n) is 13.9. The summed E-state index contributed by atoms with van der Waals surface area (Å²) in [6.45, 7) is 0. The summed E-state index contributed by atoms with van der Waals surface area (Å²) >= 11 is 0. The summed E-state index contributed by atoms with van der Waals surface area (Å²) in [5.41, 5.74) is 20.1. The second kappa shape index (κ2) is 15.7. The van der Waals surface area contributed by atoms with E-state index in [1.165, 1.54) is 49.3 Å². The number of pyridine rings is 2. The van der Waals surface area contributed by atoms with E-state index in [1.54, 1.807) is 0 Å². The highest BCUT2D eigenvalue weighted by atomic mass is 16.3. The van der Waals surface area contributed by atoms with Gasteiger partial charge in [-0.05, 0) is 154 Å². The summed E-state index contributed by atoms with van der Waals surface area (Å²) in [6, 6.07) is 78.9. The third-order valence-corrected chi connectivity index (χ3v) is 13.9. The number of fused-ring (bicyclic) bond motifs is 9. The summed E-state index contributed by atoms with van der Waals surface area (Å²) in [6.07, 6.45) is 7.48. The van der Waals surface area contributed by atoms with Crippen molar-refractivity contribution in [2.24, 2.45) is 0 Å². The molecule has 14 aromatic rings. The molecule has 0 bridgehead atoms. The van der Waals surface area contributed by atoms with Crippen molar-refractivity contribution in [2.75, 3.05) is 0 Å². The van der Waals surface area contributed by atoms with Crippen LogP contribution < -0.4 is 0 Å². The SMILES string of the molecule is c1ccc(-n2c3ccc(-c4cccc(-c5cccnc5)c4)cc3c3cc(-c4ccc5oc6ccc(-n7c8ccccc8c8cc(-c9cccc(-c%10cccnc%10)c9)ccc87)cc6c5c4)ccc32)cc1. The molecule has 0 saturated carbocycles. The van der Waals surface area contributed by atoms with E-state index in [4.69, 9.17) is 4.42 Å². The van der Waals surface area contributed by atoms with E-state index in [1.807, 2.05) is 36.9 Å². The molecule has 0 fully saturated rings. The van der Waals surface area contributed by atoms with Crippen LogP contribution in [0, 0.1) is 0 Å². The Balaban J connectivity index is 0.884. The lowest BCUT2D eigenvalue weighted by Gasteiger charge is -2.09. The van der Waals surface area contributed by atoms with Crippen LogP contribution in [0.15, 0.2) is 248 Å². The normalized spacial score (nSPS) is 11.8. The van der Waals surface area contributed by atoms with E-state index in [0.29, 0.717) is 0 Å². The van der Waals surface area contributed by atoms with Crippen LogP contribution >= 0.6 is 0 Å². The van der Waals surface area contributed by atoms with Crippen molar-refractivity contribution >= 4 is 65.6 Å². The molecular weight excluding hydrogens is 841 g/mol. The Kier molecular flexibility index (Phi) is 8.83. The lowest BCUT2D eigenvalue weighted by molar-refractivity contribution is 0.669. The van der Waals surface area contributed by atoms with Gasteiger partial charge in [0.15, 0.2) is 0 Å². The zero-order valence-corrected chi connectivity index (χ0v) is 37.3. The number of hydrogen-bond donors (Lipinski definition) is 0. The lowest BCUT2D eigenvalue weighted by atomic mass is 9.97. The fourth-order valence-electron chi connectivity index (χ4n) is 10.6. The molecule has 5 heteroatoms. The van der Waals surface area contributed by atoms with Gasteiger partial charge in [0, 0.05) is 79.6 Å². The largest absolute Gasteiger partial charge is 0.456 e. The number of hydrogen-bond acceptors (Lipinski definition) is 3. The number of nitrogens with zero attached hydrogens (tertiary/aromatic N) is 4. The highest BCUT2D eigenvalue weighted by Crippen LogP contribution is 2.41. The molecule has 14 rings (SSSR count). The molecule has 0 N–H and O–H groups in total. The first kappa shape index (κ1) is 38.9. The molecule has 0 aliphatic rings. The molecule has 0 amide bonds.